The average Bonchev–Trinajstić information content (AvgIpc) is 2.63. The second-order valence-corrected chi connectivity index (χ2v) is 5.40. The van der Waals surface area contributed by atoms with Crippen molar-refractivity contribution in [2.45, 2.75) is 19.9 Å². The van der Waals surface area contributed by atoms with Gasteiger partial charge < -0.3 is 5.32 Å². The van der Waals surface area contributed by atoms with Crippen molar-refractivity contribution in [2.75, 3.05) is 0 Å². The fourth-order valence-electron chi connectivity index (χ4n) is 2.16. The molecule has 4 nitrogen and oxygen atoms in total. The summed E-state index contributed by atoms with van der Waals surface area (Å²) in [5.41, 5.74) is 3.51. The third kappa shape index (κ3) is 4.92. The van der Waals surface area contributed by atoms with Gasteiger partial charge in [-0.2, -0.15) is 5.26 Å². The second kappa shape index (κ2) is 8.44. The van der Waals surface area contributed by atoms with E-state index in [1.54, 1.807) is 25.4 Å². The van der Waals surface area contributed by atoms with Gasteiger partial charge in [0.2, 0.25) is 0 Å². The molecule has 0 bridgehead atoms. The van der Waals surface area contributed by atoms with Gasteiger partial charge in [-0.05, 0) is 43.7 Å². The van der Waals surface area contributed by atoms with Crippen LogP contribution in [0.3, 0.4) is 0 Å². The molecule has 1 aliphatic heterocycles. The molecule has 0 saturated carbocycles. The number of Topliss-reactive ketones (excluding diaryl/α,β-unsaturated/α-hetero) is 1. The van der Waals surface area contributed by atoms with Gasteiger partial charge in [0.1, 0.15) is 0 Å². The van der Waals surface area contributed by atoms with Gasteiger partial charge in [-0.15, -0.1) is 0 Å². The lowest BCUT2D eigenvalue weighted by molar-refractivity contribution is -0.113. The molecule has 2 aromatic rings. The quantitative estimate of drug-likeness (QED) is 0.918. The lowest BCUT2D eigenvalue weighted by atomic mass is 10.1. The normalized spacial score (nSPS) is 15.2. The number of allylic oxidation sites excluding steroid dienone is 2. The summed E-state index contributed by atoms with van der Waals surface area (Å²) in [6.45, 7) is 3.53. The summed E-state index contributed by atoms with van der Waals surface area (Å²) in [6.07, 6.45) is 7.27. The van der Waals surface area contributed by atoms with E-state index in [2.05, 4.69) is 16.4 Å². The summed E-state index contributed by atoms with van der Waals surface area (Å²) in [6, 6.07) is 15.4. The first-order valence-corrected chi connectivity index (χ1v) is 7.63. The fourth-order valence-corrected chi connectivity index (χ4v) is 2.16. The maximum absolute atomic E-state index is 11.1. The standard InChI is InChI=1S/C12H12N2O.C8H7N/c1-9(15)10-5-6-12(14-8-10)11-4-2-3-7-13-11;1-7-3-2-4-8(5-7)6-9/h2-8,12,14H,1H3;2-5H,1H3. The van der Waals surface area contributed by atoms with Crippen LogP contribution >= 0.6 is 0 Å². The highest BCUT2D eigenvalue weighted by atomic mass is 16.1. The second-order valence-electron chi connectivity index (χ2n) is 5.40. The number of nitriles is 1. The van der Waals surface area contributed by atoms with Crippen LogP contribution in [0.2, 0.25) is 0 Å². The van der Waals surface area contributed by atoms with Crippen LogP contribution in [0.25, 0.3) is 0 Å². The Hall–Kier alpha value is -3.19. The third-order valence-electron chi connectivity index (χ3n) is 3.45. The van der Waals surface area contributed by atoms with Crippen LogP contribution in [-0.4, -0.2) is 10.8 Å². The Morgan fingerprint density at radius 2 is 2.08 bits per heavy atom. The lowest BCUT2D eigenvalue weighted by Crippen LogP contribution is -2.19. The number of nitrogens with one attached hydrogen (secondary N) is 1. The van der Waals surface area contributed by atoms with E-state index in [0.29, 0.717) is 5.57 Å². The van der Waals surface area contributed by atoms with E-state index in [1.807, 2.05) is 55.5 Å². The van der Waals surface area contributed by atoms with Crippen molar-refractivity contribution in [3.05, 3.63) is 89.4 Å². The fraction of sp³-hybridized carbons (Fsp3) is 0.150. The first-order chi connectivity index (χ1) is 11.6. The smallest absolute Gasteiger partial charge is 0.161 e. The molecule has 2 heterocycles. The number of pyridine rings is 1. The molecule has 0 saturated heterocycles. The van der Waals surface area contributed by atoms with E-state index < -0.39 is 0 Å². The molecule has 4 heteroatoms. The van der Waals surface area contributed by atoms with Crippen molar-refractivity contribution in [1.29, 1.82) is 5.26 Å². The molecule has 24 heavy (non-hydrogen) atoms. The minimum atomic E-state index is 0.0642. The van der Waals surface area contributed by atoms with E-state index in [-0.39, 0.29) is 11.8 Å². The predicted octanol–water partition coefficient (Wildman–Crippen LogP) is 3.62. The Bertz CT molecular complexity index is 801. The van der Waals surface area contributed by atoms with Crippen molar-refractivity contribution in [1.82, 2.24) is 10.3 Å². The third-order valence-corrected chi connectivity index (χ3v) is 3.45. The summed E-state index contributed by atoms with van der Waals surface area (Å²) in [5.74, 6) is 0.0678. The Labute approximate surface area is 142 Å². The number of ketones is 1. The van der Waals surface area contributed by atoms with Crippen LogP contribution in [-0.2, 0) is 4.79 Å². The van der Waals surface area contributed by atoms with E-state index in [9.17, 15) is 4.79 Å². The molecule has 1 aliphatic rings. The van der Waals surface area contributed by atoms with Gasteiger partial charge in [-0.1, -0.05) is 30.4 Å². The zero-order valence-electron chi connectivity index (χ0n) is 13.7. The van der Waals surface area contributed by atoms with E-state index in [0.717, 1.165) is 16.8 Å². The number of aromatic nitrogens is 1. The number of rotatable bonds is 2. The van der Waals surface area contributed by atoms with Crippen molar-refractivity contribution < 1.29 is 4.79 Å². The Morgan fingerprint density at radius 1 is 1.25 bits per heavy atom. The number of dihydropyridines is 1. The molecule has 0 fully saturated rings. The highest BCUT2D eigenvalue weighted by Crippen LogP contribution is 2.16. The minimum absolute atomic E-state index is 0.0642. The highest BCUT2D eigenvalue weighted by molar-refractivity contribution is 5.96. The van der Waals surface area contributed by atoms with Crippen LogP contribution in [0.1, 0.15) is 29.8 Å². The van der Waals surface area contributed by atoms with Crippen molar-refractivity contribution in [2.24, 2.45) is 0 Å². The van der Waals surface area contributed by atoms with Gasteiger partial charge in [0, 0.05) is 18.0 Å². The number of carbonyl (C=O) groups excluding carboxylic acids is 1. The summed E-state index contributed by atoms with van der Waals surface area (Å²) >= 11 is 0. The number of hydrogen-bond acceptors (Lipinski definition) is 4. The minimum Gasteiger partial charge on any atom is -0.379 e. The van der Waals surface area contributed by atoms with Crippen LogP contribution in [0.15, 0.2) is 72.6 Å². The van der Waals surface area contributed by atoms with Gasteiger partial charge >= 0.3 is 0 Å². The van der Waals surface area contributed by atoms with Gasteiger partial charge in [0.25, 0.3) is 0 Å². The number of nitrogens with zero attached hydrogens (tertiary/aromatic N) is 2. The van der Waals surface area contributed by atoms with Crippen LogP contribution in [0, 0.1) is 18.3 Å². The maximum Gasteiger partial charge on any atom is 0.161 e. The predicted molar refractivity (Wildman–Crippen MR) is 93.9 cm³/mol. The van der Waals surface area contributed by atoms with Gasteiger partial charge in [0.05, 0.1) is 23.4 Å². The van der Waals surface area contributed by atoms with Gasteiger partial charge in [-0.25, -0.2) is 0 Å². The molecule has 1 atom stereocenters. The molecule has 1 aromatic heterocycles. The van der Waals surface area contributed by atoms with Crippen molar-refractivity contribution in [3.8, 4) is 6.07 Å². The monoisotopic (exact) mass is 317 g/mol. The first-order valence-electron chi connectivity index (χ1n) is 7.63. The van der Waals surface area contributed by atoms with Crippen LogP contribution in [0.4, 0.5) is 0 Å². The summed E-state index contributed by atoms with van der Waals surface area (Å²) in [4.78, 5) is 15.3. The molecule has 120 valence electrons. The van der Waals surface area contributed by atoms with Crippen molar-refractivity contribution >= 4 is 5.78 Å². The molecule has 0 radical (unpaired) electrons. The summed E-state index contributed by atoms with van der Waals surface area (Å²) < 4.78 is 0. The van der Waals surface area contributed by atoms with E-state index in [1.165, 1.54) is 0 Å². The molecular formula is C20H19N3O. The number of carbonyl (C=O) groups is 1. The average molecular weight is 317 g/mol. The van der Waals surface area contributed by atoms with Gasteiger partial charge in [0.15, 0.2) is 5.78 Å². The number of hydrogen-bond donors (Lipinski definition) is 1. The molecule has 1 aromatic carbocycles. The number of benzene rings is 1. The molecule has 0 spiro atoms. The Morgan fingerprint density at radius 3 is 2.58 bits per heavy atom. The molecule has 0 aliphatic carbocycles. The first kappa shape index (κ1) is 17.2. The number of aryl methyl sites for hydroxylation is 1. The molecule has 1 unspecified atom stereocenters. The lowest BCUT2D eigenvalue weighted by Gasteiger charge is -2.17. The largest absolute Gasteiger partial charge is 0.379 e. The topological polar surface area (TPSA) is 65.8 Å². The van der Waals surface area contributed by atoms with E-state index in [4.69, 9.17) is 5.26 Å². The Kier molecular flexibility index (Phi) is 6.04. The molecular weight excluding hydrogens is 298 g/mol. The summed E-state index contributed by atoms with van der Waals surface area (Å²) in [7, 11) is 0. The molecule has 1 N–H and O–H groups in total. The Balaban J connectivity index is 0.000000198. The zero-order chi connectivity index (χ0) is 17.4. The van der Waals surface area contributed by atoms with Crippen molar-refractivity contribution in [3.63, 3.8) is 0 Å². The highest BCUT2D eigenvalue weighted by Gasteiger charge is 2.12. The summed E-state index contributed by atoms with van der Waals surface area (Å²) in [5, 5.41) is 11.5. The van der Waals surface area contributed by atoms with Gasteiger partial charge in [-0.3, -0.25) is 9.78 Å². The SMILES string of the molecule is CC(=O)C1=CNC(c2ccccn2)C=C1.Cc1cccc(C#N)c1. The zero-order valence-corrected chi connectivity index (χ0v) is 13.7. The van der Waals surface area contributed by atoms with Crippen LogP contribution in [0.5, 0.6) is 0 Å². The molecule has 0 amide bonds. The maximum atomic E-state index is 11.1. The van der Waals surface area contributed by atoms with Crippen LogP contribution < -0.4 is 5.32 Å². The van der Waals surface area contributed by atoms with E-state index >= 15 is 0 Å². The molecule has 3 rings (SSSR count).